The normalized spacial score (nSPS) is 15.1. The number of aromatic nitrogens is 7. The SMILES string of the molecule is Cc1nc(-c2ccc(-c3cnc4[nH]c(=O)n(CCN5CCOCC5)c4n3)cc2)n[nH]1. The largest absolute Gasteiger partial charge is 0.379 e. The Morgan fingerprint density at radius 1 is 1.07 bits per heavy atom. The van der Waals surface area contributed by atoms with E-state index in [9.17, 15) is 4.79 Å². The first kappa shape index (κ1) is 18.6. The van der Waals surface area contributed by atoms with Gasteiger partial charge in [0.05, 0.1) is 25.1 Å². The van der Waals surface area contributed by atoms with Gasteiger partial charge in [0.1, 0.15) is 5.82 Å². The molecule has 3 aromatic heterocycles. The predicted octanol–water partition coefficient (Wildman–Crippen LogP) is 1.21. The summed E-state index contributed by atoms with van der Waals surface area (Å²) in [5, 5.41) is 7.03. The lowest BCUT2D eigenvalue weighted by Crippen LogP contribution is -2.39. The van der Waals surface area contributed by atoms with Gasteiger partial charge < -0.3 is 4.74 Å². The van der Waals surface area contributed by atoms with Crippen molar-refractivity contribution in [3.05, 3.63) is 46.8 Å². The van der Waals surface area contributed by atoms with Crippen molar-refractivity contribution in [2.24, 2.45) is 0 Å². The molecule has 0 amide bonds. The third-order valence-corrected chi connectivity index (χ3v) is 5.26. The van der Waals surface area contributed by atoms with E-state index in [1.54, 1.807) is 10.8 Å². The monoisotopic (exact) mass is 406 g/mol. The fourth-order valence-electron chi connectivity index (χ4n) is 3.60. The van der Waals surface area contributed by atoms with Crippen LogP contribution in [0.4, 0.5) is 0 Å². The number of fused-ring (bicyclic) bond motifs is 1. The molecule has 0 saturated carbocycles. The lowest BCUT2D eigenvalue weighted by molar-refractivity contribution is 0.0364. The summed E-state index contributed by atoms with van der Waals surface area (Å²) in [6.45, 7) is 6.42. The average Bonchev–Trinajstić information content (AvgIpc) is 3.35. The Labute approximate surface area is 172 Å². The number of ether oxygens (including phenoxy) is 1. The Balaban J connectivity index is 1.41. The van der Waals surface area contributed by atoms with Crippen LogP contribution in [0.2, 0.25) is 0 Å². The number of nitrogens with one attached hydrogen (secondary N) is 2. The van der Waals surface area contributed by atoms with Gasteiger partial charge in [-0.1, -0.05) is 24.3 Å². The third kappa shape index (κ3) is 3.62. The molecule has 10 nitrogen and oxygen atoms in total. The molecule has 0 bridgehead atoms. The van der Waals surface area contributed by atoms with Gasteiger partial charge >= 0.3 is 5.69 Å². The van der Waals surface area contributed by atoms with Crippen molar-refractivity contribution in [3.63, 3.8) is 0 Å². The number of morpholine rings is 1. The molecule has 1 fully saturated rings. The van der Waals surface area contributed by atoms with Crippen LogP contribution in [-0.4, -0.2) is 72.4 Å². The van der Waals surface area contributed by atoms with Gasteiger partial charge in [-0.3, -0.25) is 19.5 Å². The molecule has 1 saturated heterocycles. The second kappa shape index (κ2) is 7.81. The first-order chi connectivity index (χ1) is 14.7. The van der Waals surface area contributed by atoms with E-state index in [2.05, 4.69) is 30.0 Å². The summed E-state index contributed by atoms with van der Waals surface area (Å²) < 4.78 is 7.04. The maximum absolute atomic E-state index is 12.4. The lowest BCUT2D eigenvalue weighted by Gasteiger charge is -2.26. The van der Waals surface area contributed by atoms with E-state index in [1.165, 1.54) is 0 Å². The van der Waals surface area contributed by atoms with Gasteiger partial charge in [0.2, 0.25) is 0 Å². The minimum absolute atomic E-state index is 0.189. The molecule has 0 aliphatic carbocycles. The van der Waals surface area contributed by atoms with E-state index in [0.29, 0.717) is 29.4 Å². The standard InChI is InChI=1S/C20H22N8O2/c1-13-22-17(26-25-13)15-4-2-14(3-5-15)16-12-21-18-19(23-16)28(20(29)24-18)7-6-27-8-10-30-11-9-27/h2-5,12H,6-11H2,1H3,(H,21,24,29)(H,22,25,26). The fraction of sp³-hybridized carbons (Fsp3) is 0.350. The minimum atomic E-state index is -0.189. The molecule has 5 rings (SSSR count). The number of aromatic amines is 2. The summed E-state index contributed by atoms with van der Waals surface area (Å²) in [7, 11) is 0. The lowest BCUT2D eigenvalue weighted by atomic mass is 10.1. The van der Waals surface area contributed by atoms with E-state index < -0.39 is 0 Å². The minimum Gasteiger partial charge on any atom is -0.379 e. The highest BCUT2D eigenvalue weighted by atomic mass is 16.5. The van der Waals surface area contributed by atoms with E-state index in [4.69, 9.17) is 9.72 Å². The fourth-order valence-corrected chi connectivity index (χ4v) is 3.60. The van der Waals surface area contributed by atoms with Gasteiger partial charge in [-0.15, -0.1) is 0 Å². The highest BCUT2D eigenvalue weighted by molar-refractivity contribution is 5.72. The zero-order valence-electron chi connectivity index (χ0n) is 16.6. The van der Waals surface area contributed by atoms with Gasteiger partial charge in [-0.25, -0.2) is 19.7 Å². The van der Waals surface area contributed by atoms with Crippen molar-refractivity contribution in [3.8, 4) is 22.6 Å². The molecule has 1 aromatic carbocycles. The van der Waals surface area contributed by atoms with Crippen molar-refractivity contribution in [1.82, 2.24) is 39.6 Å². The summed E-state index contributed by atoms with van der Waals surface area (Å²) in [6, 6.07) is 7.82. The second-order valence-electron chi connectivity index (χ2n) is 7.29. The Morgan fingerprint density at radius 3 is 2.57 bits per heavy atom. The molecule has 0 spiro atoms. The molecule has 0 unspecified atom stereocenters. The van der Waals surface area contributed by atoms with Crippen molar-refractivity contribution in [2.75, 3.05) is 32.8 Å². The molecule has 1 aliphatic heterocycles. The highest BCUT2D eigenvalue weighted by Gasteiger charge is 2.15. The molecule has 2 N–H and O–H groups in total. The van der Waals surface area contributed by atoms with Crippen molar-refractivity contribution in [1.29, 1.82) is 0 Å². The van der Waals surface area contributed by atoms with Gasteiger partial charge in [0, 0.05) is 37.3 Å². The topological polar surface area (TPSA) is 118 Å². The zero-order chi connectivity index (χ0) is 20.5. The maximum atomic E-state index is 12.4. The summed E-state index contributed by atoms with van der Waals surface area (Å²) >= 11 is 0. The van der Waals surface area contributed by atoms with Crippen LogP contribution in [0.25, 0.3) is 33.9 Å². The van der Waals surface area contributed by atoms with Crippen LogP contribution in [0.3, 0.4) is 0 Å². The van der Waals surface area contributed by atoms with Crippen LogP contribution < -0.4 is 5.69 Å². The van der Waals surface area contributed by atoms with Crippen LogP contribution in [-0.2, 0) is 11.3 Å². The Bertz CT molecular complexity index is 1220. The number of rotatable bonds is 5. The molecule has 4 aromatic rings. The second-order valence-corrected chi connectivity index (χ2v) is 7.29. The molecule has 0 radical (unpaired) electrons. The molecular formula is C20H22N8O2. The molecular weight excluding hydrogens is 384 g/mol. The Morgan fingerprint density at radius 2 is 1.83 bits per heavy atom. The average molecular weight is 406 g/mol. The van der Waals surface area contributed by atoms with E-state index in [1.807, 2.05) is 31.2 Å². The molecule has 154 valence electrons. The van der Waals surface area contributed by atoms with Crippen LogP contribution in [0.5, 0.6) is 0 Å². The van der Waals surface area contributed by atoms with Crippen LogP contribution in [0, 0.1) is 6.92 Å². The Kier molecular flexibility index (Phi) is 4.85. The number of benzene rings is 1. The third-order valence-electron chi connectivity index (χ3n) is 5.26. The maximum Gasteiger partial charge on any atom is 0.328 e. The van der Waals surface area contributed by atoms with E-state index in [0.717, 1.165) is 49.8 Å². The van der Waals surface area contributed by atoms with Gasteiger partial charge in [0.25, 0.3) is 0 Å². The van der Waals surface area contributed by atoms with Gasteiger partial charge in [-0.2, -0.15) is 5.10 Å². The molecule has 30 heavy (non-hydrogen) atoms. The van der Waals surface area contributed by atoms with Gasteiger partial charge in [0.15, 0.2) is 17.1 Å². The van der Waals surface area contributed by atoms with Crippen LogP contribution in [0.15, 0.2) is 35.3 Å². The summed E-state index contributed by atoms with van der Waals surface area (Å²) in [5.41, 5.74) is 3.41. The first-order valence-corrected chi connectivity index (χ1v) is 9.93. The van der Waals surface area contributed by atoms with E-state index >= 15 is 0 Å². The summed E-state index contributed by atoms with van der Waals surface area (Å²) in [4.78, 5) is 31.0. The van der Waals surface area contributed by atoms with Crippen molar-refractivity contribution in [2.45, 2.75) is 13.5 Å². The van der Waals surface area contributed by atoms with Crippen LogP contribution in [0.1, 0.15) is 5.82 Å². The number of hydrogen-bond acceptors (Lipinski definition) is 7. The van der Waals surface area contributed by atoms with Crippen molar-refractivity contribution < 1.29 is 4.74 Å². The van der Waals surface area contributed by atoms with Crippen LogP contribution >= 0.6 is 0 Å². The summed E-state index contributed by atoms with van der Waals surface area (Å²) in [5.74, 6) is 1.43. The van der Waals surface area contributed by atoms with E-state index in [-0.39, 0.29) is 5.69 Å². The number of aryl methyl sites for hydroxylation is 1. The number of H-pyrrole nitrogens is 2. The van der Waals surface area contributed by atoms with Gasteiger partial charge in [-0.05, 0) is 6.92 Å². The predicted molar refractivity (Wildman–Crippen MR) is 111 cm³/mol. The first-order valence-electron chi connectivity index (χ1n) is 9.93. The zero-order valence-corrected chi connectivity index (χ0v) is 16.6. The number of imidazole rings is 1. The van der Waals surface area contributed by atoms with Crippen molar-refractivity contribution >= 4 is 11.3 Å². The quantitative estimate of drug-likeness (QED) is 0.511. The number of nitrogens with zero attached hydrogens (tertiary/aromatic N) is 6. The molecule has 1 aliphatic rings. The Hall–Kier alpha value is -3.37. The highest BCUT2D eigenvalue weighted by Crippen LogP contribution is 2.22. The molecule has 10 heteroatoms. The number of hydrogen-bond donors (Lipinski definition) is 2. The molecule has 4 heterocycles. The molecule has 0 atom stereocenters. The summed E-state index contributed by atoms with van der Waals surface area (Å²) in [6.07, 6.45) is 1.68. The smallest absolute Gasteiger partial charge is 0.328 e.